The van der Waals surface area contributed by atoms with Gasteiger partial charge in [-0.15, -0.1) is 0 Å². The Bertz CT molecular complexity index is 519. The van der Waals surface area contributed by atoms with Crippen molar-refractivity contribution in [2.75, 3.05) is 32.9 Å². The Morgan fingerprint density at radius 2 is 1.74 bits per heavy atom. The fourth-order valence-electron chi connectivity index (χ4n) is 2.46. The van der Waals surface area contributed by atoms with Crippen LogP contribution in [0.15, 0.2) is 29.2 Å². The maximum absolute atomic E-state index is 12.5. The molecular weight excluding hydrogens is 262 g/mol. The van der Waals surface area contributed by atoms with Crippen LogP contribution in [0.4, 0.5) is 5.69 Å². The second-order valence-corrected chi connectivity index (χ2v) is 7.28. The molecule has 0 aliphatic carbocycles. The van der Waals surface area contributed by atoms with Crippen LogP contribution in [0, 0.1) is 0 Å². The SMILES string of the molecule is CN(C1CC[NH+](C)CC1)S(=O)(=O)c1ccc(N)cc1. The highest BCUT2D eigenvalue weighted by atomic mass is 32.2. The summed E-state index contributed by atoms with van der Waals surface area (Å²) in [6.07, 6.45) is 1.83. The number of likely N-dealkylation sites (tertiary alicyclic amines) is 1. The third-order valence-corrected chi connectivity index (χ3v) is 5.80. The van der Waals surface area contributed by atoms with E-state index < -0.39 is 10.0 Å². The van der Waals surface area contributed by atoms with Gasteiger partial charge in [-0.25, -0.2) is 8.42 Å². The smallest absolute Gasteiger partial charge is 0.243 e. The van der Waals surface area contributed by atoms with Gasteiger partial charge in [0.2, 0.25) is 10.0 Å². The molecule has 1 heterocycles. The molecule has 1 aliphatic heterocycles. The number of rotatable bonds is 3. The van der Waals surface area contributed by atoms with Gasteiger partial charge in [0.15, 0.2) is 0 Å². The molecule has 6 heteroatoms. The molecule has 0 atom stereocenters. The van der Waals surface area contributed by atoms with E-state index in [0.717, 1.165) is 25.9 Å². The molecule has 5 nitrogen and oxygen atoms in total. The number of nitrogen functional groups attached to an aromatic ring is 1. The first-order chi connectivity index (χ1) is 8.91. The molecule has 0 spiro atoms. The fraction of sp³-hybridized carbons (Fsp3) is 0.538. The highest BCUT2D eigenvalue weighted by Crippen LogP contribution is 2.20. The van der Waals surface area contributed by atoms with Crippen molar-refractivity contribution in [2.24, 2.45) is 0 Å². The number of nitrogens with one attached hydrogen (secondary N) is 1. The Morgan fingerprint density at radius 3 is 2.26 bits per heavy atom. The van der Waals surface area contributed by atoms with Gasteiger partial charge in [-0.1, -0.05) is 0 Å². The lowest BCUT2D eigenvalue weighted by molar-refractivity contribution is -0.885. The maximum atomic E-state index is 12.5. The van der Waals surface area contributed by atoms with Crippen LogP contribution in [-0.4, -0.2) is 45.9 Å². The summed E-state index contributed by atoms with van der Waals surface area (Å²) in [5.41, 5.74) is 6.17. The Labute approximate surface area is 115 Å². The van der Waals surface area contributed by atoms with Gasteiger partial charge >= 0.3 is 0 Å². The van der Waals surface area contributed by atoms with E-state index in [9.17, 15) is 8.42 Å². The molecule has 0 unspecified atom stereocenters. The number of benzene rings is 1. The number of nitrogens with two attached hydrogens (primary N) is 1. The summed E-state index contributed by atoms with van der Waals surface area (Å²) in [4.78, 5) is 1.78. The van der Waals surface area contributed by atoms with Gasteiger partial charge in [-0.2, -0.15) is 4.31 Å². The lowest BCUT2D eigenvalue weighted by Gasteiger charge is -2.32. The summed E-state index contributed by atoms with van der Waals surface area (Å²) in [7, 11) is 0.417. The summed E-state index contributed by atoms with van der Waals surface area (Å²) >= 11 is 0. The van der Waals surface area contributed by atoms with Crippen molar-refractivity contribution in [2.45, 2.75) is 23.8 Å². The van der Waals surface area contributed by atoms with E-state index in [4.69, 9.17) is 5.73 Å². The third kappa shape index (κ3) is 3.08. The van der Waals surface area contributed by atoms with Crippen molar-refractivity contribution < 1.29 is 13.3 Å². The number of nitrogens with zero attached hydrogens (tertiary/aromatic N) is 1. The first kappa shape index (κ1) is 14.3. The second kappa shape index (κ2) is 5.48. The van der Waals surface area contributed by atoms with Gasteiger partial charge < -0.3 is 10.6 Å². The van der Waals surface area contributed by atoms with Crippen molar-refractivity contribution in [1.82, 2.24) is 4.31 Å². The fourth-order valence-corrected chi connectivity index (χ4v) is 3.88. The van der Waals surface area contributed by atoms with E-state index in [0.29, 0.717) is 10.6 Å². The van der Waals surface area contributed by atoms with E-state index in [1.807, 2.05) is 0 Å². The maximum Gasteiger partial charge on any atom is 0.243 e. The summed E-state index contributed by atoms with van der Waals surface area (Å²) in [5, 5.41) is 0. The van der Waals surface area contributed by atoms with Crippen molar-refractivity contribution in [3.63, 3.8) is 0 Å². The average molecular weight is 284 g/mol. The number of quaternary nitrogens is 1. The molecule has 3 N–H and O–H groups in total. The van der Waals surface area contributed by atoms with Crippen LogP contribution >= 0.6 is 0 Å². The Balaban J connectivity index is 2.17. The van der Waals surface area contributed by atoms with Gasteiger partial charge in [0.05, 0.1) is 25.0 Å². The van der Waals surface area contributed by atoms with Crippen LogP contribution in [0.3, 0.4) is 0 Å². The zero-order valence-corrected chi connectivity index (χ0v) is 12.3. The second-order valence-electron chi connectivity index (χ2n) is 5.28. The van der Waals surface area contributed by atoms with Crippen LogP contribution in [0.25, 0.3) is 0 Å². The Hall–Kier alpha value is -1.11. The van der Waals surface area contributed by atoms with Crippen LogP contribution < -0.4 is 10.6 Å². The Kier molecular flexibility index (Phi) is 4.13. The van der Waals surface area contributed by atoms with Crippen LogP contribution in [0.5, 0.6) is 0 Å². The molecule has 0 saturated carbocycles. The quantitative estimate of drug-likeness (QED) is 0.740. The highest BCUT2D eigenvalue weighted by molar-refractivity contribution is 7.89. The number of hydrogen-bond acceptors (Lipinski definition) is 3. The molecule has 1 fully saturated rings. The molecule has 0 amide bonds. The molecule has 19 heavy (non-hydrogen) atoms. The first-order valence-corrected chi connectivity index (χ1v) is 8.00. The van der Waals surface area contributed by atoms with E-state index in [-0.39, 0.29) is 6.04 Å². The van der Waals surface area contributed by atoms with Crippen molar-refractivity contribution in [1.29, 1.82) is 0 Å². The minimum Gasteiger partial charge on any atom is -0.399 e. The molecule has 1 saturated heterocycles. The van der Waals surface area contributed by atoms with Gasteiger partial charge in [-0.3, -0.25) is 0 Å². The molecule has 0 bridgehead atoms. The molecule has 1 aliphatic rings. The summed E-state index contributed by atoms with van der Waals surface area (Å²) in [6, 6.07) is 6.49. The number of sulfonamides is 1. The largest absolute Gasteiger partial charge is 0.399 e. The summed E-state index contributed by atoms with van der Waals surface area (Å²) in [5.74, 6) is 0. The number of hydrogen-bond donors (Lipinski definition) is 2. The first-order valence-electron chi connectivity index (χ1n) is 6.56. The number of anilines is 1. The average Bonchev–Trinajstić information content (AvgIpc) is 2.39. The van der Waals surface area contributed by atoms with E-state index in [1.54, 1.807) is 31.3 Å². The molecule has 0 radical (unpaired) electrons. The molecule has 1 aromatic rings. The normalized spacial score (nSPS) is 24.6. The topological polar surface area (TPSA) is 67.8 Å². The zero-order chi connectivity index (χ0) is 14.0. The third-order valence-electron chi connectivity index (χ3n) is 3.88. The zero-order valence-electron chi connectivity index (χ0n) is 11.5. The molecule has 0 aromatic heterocycles. The highest BCUT2D eigenvalue weighted by Gasteiger charge is 2.31. The van der Waals surface area contributed by atoms with Gasteiger partial charge in [-0.05, 0) is 24.3 Å². The van der Waals surface area contributed by atoms with E-state index in [2.05, 4.69) is 7.05 Å². The minimum absolute atomic E-state index is 0.103. The monoisotopic (exact) mass is 284 g/mol. The molecule has 1 aromatic carbocycles. The predicted molar refractivity (Wildman–Crippen MR) is 75.4 cm³/mol. The van der Waals surface area contributed by atoms with Crippen molar-refractivity contribution in [3.8, 4) is 0 Å². The number of piperidine rings is 1. The standard InChI is InChI=1S/C13H21N3O2S/c1-15-9-7-12(8-10-15)16(2)19(17,18)13-5-3-11(14)4-6-13/h3-6,12H,7-10,14H2,1-2H3/p+1. The lowest BCUT2D eigenvalue weighted by Crippen LogP contribution is -3.10. The van der Waals surface area contributed by atoms with Crippen molar-refractivity contribution >= 4 is 15.7 Å². The van der Waals surface area contributed by atoms with Gasteiger partial charge in [0.1, 0.15) is 0 Å². The van der Waals surface area contributed by atoms with Crippen molar-refractivity contribution in [3.05, 3.63) is 24.3 Å². The van der Waals surface area contributed by atoms with Crippen LogP contribution in [0.1, 0.15) is 12.8 Å². The lowest BCUT2D eigenvalue weighted by atomic mass is 10.1. The van der Waals surface area contributed by atoms with E-state index >= 15 is 0 Å². The van der Waals surface area contributed by atoms with Crippen LogP contribution in [0.2, 0.25) is 0 Å². The predicted octanol–water partition coefficient (Wildman–Crippen LogP) is -0.434. The Morgan fingerprint density at radius 1 is 1.21 bits per heavy atom. The molecular formula is C13H22N3O2S+. The van der Waals surface area contributed by atoms with Crippen LogP contribution in [-0.2, 0) is 10.0 Å². The summed E-state index contributed by atoms with van der Waals surface area (Å²) in [6.45, 7) is 2.04. The summed E-state index contributed by atoms with van der Waals surface area (Å²) < 4.78 is 26.5. The molecule has 106 valence electrons. The minimum atomic E-state index is -3.40. The van der Waals surface area contributed by atoms with E-state index in [1.165, 1.54) is 9.21 Å². The molecule has 2 rings (SSSR count). The van der Waals surface area contributed by atoms with Gasteiger partial charge in [0.25, 0.3) is 0 Å². The van der Waals surface area contributed by atoms with Gasteiger partial charge in [0, 0.05) is 31.6 Å².